The molecule has 0 bridgehead atoms. The summed E-state index contributed by atoms with van der Waals surface area (Å²) in [7, 11) is -3.35. The van der Waals surface area contributed by atoms with Gasteiger partial charge >= 0.3 is 6.36 Å². The maximum absolute atomic E-state index is 12.2. The summed E-state index contributed by atoms with van der Waals surface area (Å²) < 4.78 is 63.9. The minimum Gasteiger partial charge on any atom is -0.406 e. The van der Waals surface area contributed by atoms with Gasteiger partial charge in [-0.2, -0.15) is 0 Å². The molecule has 1 aromatic carbocycles. The molecule has 1 N–H and O–H groups in total. The van der Waals surface area contributed by atoms with E-state index < -0.39 is 27.5 Å². The van der Waals surface area contributed by atoms with Crippen LogP contribution >= 0.6 is 0 Å². The van der Waals surface area contributed by atoms with Gasteiger partial charge < -0.3 is 10.1 Å². The first-order valence-corrected chi connectivity index (χ1v) is 8.28. The fraction of sp³-hybridized carbons (Fsp3) is 0.538. The molecule has 0 spiro atoms. The van der Waals surface area contributed by atoms with Crippen molar-refractivity contribution in [2.24, 2.45) is 0 Å². The molecule has 4 nitrogen and oxygen atoms in total. The summed E-state index contributed by atoms with van der Waals surface area (Å²) >= 11 is 0. The Balaban J connectivity index is 3.12. The highest BCUT2D eigenvalue weighted by Gasteiger charge is 2.32. The molecule has 0 aliphatic heterocycles. The van der Waals surface area contributed by atoms with Crippen LogP contribution in [-0.4, -0.2) is 32.8 Å². The zero-order valence-electron chi connectivity index (χ0n) is 11.9. The van der Waals surface area contributed by atoms with Crippen LogP contribution < -0.4 is 10.1 Å². The number of rotatable bonds is 6. The van der Waals surface area contributed by atoms with Gasteiger partial charge in [-0.05, 0) is 31.2 Å². The Hall–Kier alpha value is -1.28. The second-order valence-corrected chi connectivity index (χ2v) is 7.09. The maximum atomic E-state index is 12.2. The topological polar surface area (TPSA) is 55.4 Å². The molecule has 0 fully saturated rings. The molecule has 0 amide bonds. The molecular formula is C13H18F3NO3S. The number of sulfone groups is 1. The number of nitrogens with one attached hydrogen (secondary N) is 1. The third-order valence-electron chi connectivity index (χ3n) is 3.02. The van der Waals surface area contributed by atoms with Gasteiger partial charge in [0.15, 0.2) is 9.84 Å². The second kappa shape index (κ2) is 6.65. The largest absolute Gasteiger partial charge is 0.573 e. The van der Waals surface area contributed by atoms with Gasteiger partial charge in [-0.15, -0.1) is 13.2 Å². The molecule has 1 aromatic rings. The van der Waals surface area contributed by atoms with E-state index in [1.54, 1.807) is 13.0 Å². The first kappa shape index (κ1) is 17.8. The van der Waals surface area contributed by atoms with Crippen molar-refractivity contribution in [1.82, 2.24) is 5.32 Å². The van der Waals surface area contributed by atoms with E-state index in [0.717, 1.165) is 6.26 Å². The van der Waals surface area contributed by atoms with Crippen LogP contribution in [-0.2, 0) is 9.84 Å². The molecule has 2 unspecified atom stereocenters. The predicted molar refractivity (Wildman–Crippen MR) is 73.8 cm³/mol. The summed E-state index contributed by atoms with van der Waals surface area (Å²) in [6.07, 6.45) is -3.69. The summed E-state index contributed by atoms with van der Waals surface area (Å²) in [5.41, 5.74) is 0.427. The molecule has 8 heteroatoms. The SMILES string of the molecule is CCNC(c1cccc(OC(F)(F)F)c1)C(C)S(C)(=O)=O. The van der Waals surface area contributed by atoms with Crippen molar-refractivity contribution in [3.63, 3.8) is 0 Å². The number of hydrogen-bond donors (Lipinski definition) is 1. The van der Waals surface area contributed by atoms with Gasteiger partial charge in [-0.1, -0.05) is 19.1 Å². The highest BCUT2D eigenvalue weighted by Crippen LogP contribution is 2.28. The summed E-state index contributed by atoms with van der Waals surface area (Å²) in [6, 6.07) is 4.73. The standard InChI is InChI=1S/C13H18F3NO3S/c1-4-17-12(9(2)21(3,18)19)10-6-5-7-11(8-10)20-13(14,15)16/h5-9,12,17H,4H2,1-3H3. The Morgan fingerprint density at radius 2 is 1.95 bits per heavy atom. The molecule has 2 atom stereocenters. The molecular weight excluding hydrogens is 307 g/mol. The molecule has 0 aliphatic carbocycles. The lowest BCUT2D eigenvalue weighted by Crippen LogP contribution is -2.35. The van der Waals surface area contributed by atoms with Crippen LogP contribution in [0.3, 0.4) is 0 Å². The van der Waals surface area contributed by atoms with Crippen molar-refractivity contribution in [3.05, 3.63) is 29.8 Å². The zero-order valence-corrected chi connectivity index (χ0v) is 12.8. The van der Waals surface area contributed by atoms with Crippen LogP contribution in [0, 0.1) is 0 Å². The summed E-state index contributed by atoms with van der Waals surface area (Å²) in [6.45, 7) is 3.78. The van der Waals surface area contributed by atoms with Crippen molar-refractivity contribution in [3.8, 4) is 5.75 Å². The van der Waals surface area contributed by atoms with E-state index in [1.807, 2.05) is 0 Å². The summed E-state index contributed by atoms with van der Waals surface area (Å²) in [5, 5.41) is 2.20. The summed E-state index contributed by atoms with van der Waals surface area (Å²) in [4.78, 5) is 0. The quantitative estimate of drug-likeness (QED) is 0.874. The van der Waals surface area contributed by atoms with Crippen molar-refractivity contribution >= 4 is 9.84 Å². The van der Waals surface area contributed by atoms with Gasteiger partial charge in [-0.3, -0.25) is 0 Å². The van der Waals surface area contributed by atoms with Crippen LogP contribution in [0.5, 0.6) is 5.75 Å². The first-order valence-electron chi connectivity index (χ1n) is 6.32. The van der Waals surface area contributed by atoms with Crippen LogP contribution in [0.1, 0.15) is 25.5 Å². The fourth-order valence-electron chi connectivity index (χ4n) is 1.93. The minimum absolute atomic E-state index is 0.372. The van der Waals surface area contributed by atoms with Gasteiger partial charge in [-0.25, -0.2) is 8.42 Å². The molecule has 0 aliphatic rings. The molecule has 1 rings (SSSR count). The van der Waals surface area contributed by atoms with Crippen LogP contribution in [0.2, 0.25) is 0 Å². The zero-order chi connectivity index (χ0) is 16.3. The average molecular weight is 325 g/mol. The van der Waals surface area contributed by atoms with E-state index in [9.17, 15) is 21.6 Å². The second-order valence-electron chi connectivity index (χ2n) is 4.69. The van der Waals surface area contributed by atoms with E-state index in [4.69, 9.17) is 0 Å². The highest BCUT2D eigenvalue weighted by molar-refractivity contribution is 7.91. The first-order chi connectivity index (χ1) is 9.54. The summed E-state index contributed by atoms with van der Waals surface area (Å²) in [5.74, 6) is -0.372. The Morgan fingerprint density at radius 3 is 2.43 bits per heavy atom. The molecule has 0 radical (unpaired) electrons. The van der Waals surface area contributed by atoms with E-state index in [-0.39, 0.29) is 5.75 Å². The van der Waals surface area contributed by atoms with E-state index in [2.05, 4.69) is 10.1 Å². The van der Waals surface area contributed by atoms with Crippen molar-refractivity contribution in [2.45, 2.75) is 31.5 Å². The third-order valence-corrected chi connectivity index (χ3v) is 4.64. The van der Waals surface area contributed by atoms with E-state index in [1.165, 1.54) is 25.1 Å². The number of ether oxygens (including phenoxy) is 1. The van der Waals surface area contributed by atoms with E-state index in [0.29, 0.717) is 12.1 Å². The van der Waals surface area contributed by atoms with Gasteiger partial charge in [0.1, 0.15) is 5.75 Å². The number of hydrogen-bond acceptors (Lipinski definition) is 4. The lowest BCUT2D eigenvalue weighted by molar-refractivity contribution is -0.274. The monoisotopic (exact) mass is 325 g/mol. The van der Waals surface area contributed by atoms with Gasteiger partial charge in [0.2, 0.25) is 0 Å². The Labute approximate surface area is 122 Å². The Bertz CT molecular complexity index is 572. The number of halogens is 3. The lowest BCUT2D eigenvalue weighted by atomic mass is 10.0. The molecule has 0 saturated heterocycles. The van der Waals surface area contributed by atoms with Gasteiger partial charge in [0.25, 0.3) is 0 Å². The molecule has 0 aromatic heterocycles. The van der Waals surface area contributed by atoms with Crippen molar-refractivity contribution in [1.29, 1.82) is 0 Å². The van der Waals surface area contributed by atoms with Gasteiger partial charge in [0, 0.05) is 12.3 Å². The van der Waals surface area contributed by atoms with Crippen LogP contribution in [0.15, 0.2) is 24.3 Å². The number of benzene rings is 1. The highest BCUT2D eigenvalue weighted by atomic mass is 32.2. The van der Waals surface area contributed by atoms with E-state index >= 15 is 0 Å². The lowest BCUT2D eigenvalue weighted by Gasteiger charge is -2.24. The molecule has 21 heavy (non-hydrogen) atoms. The molecule has 0 saturated carbocycles. The maximum Gasteiger partial charge on any atom is 0.573 e. The van der Waals surface area contributed by atoms with Crippen molar-refractivity contribution in [2.75, 3.05) is 12.8 Å². The molecule has 0 heterocycles. The Kier molecular flexibility index (Phi) is 5.63. The smallest absolute Gasteiger partial charge is 0.406 e. The number of alkyl halides is 3. The normalized spacial score (nSPS) is 15.5. The minimum atomic E-state index is -4.78. The van der Waals surface area contributed by atoms with Crippen molar-refractivity contribution < 1.29 is 26.3 Å². The average Bonchev–Trinajstić information content (AvgIpc) is 2.32. The predicted octanol–water partition coefficient (Wildman–Crippen LogP) is 2.67. The van der Waals surface area contributed by atoms with Gasteiger partial charge in [0.05, 0.1) is 5.25 Å². The van der Waals surface area contributed by atoms with Crippen LogP contribution in [0.4, 0.5) is 13.2 Å². The molecule has 120 valence electrons. The Morgan fingerprint density at radius 1 is 1.33 bits per heavy atom. The third kappa shape index (κ3) is 5.55. The van der Waals surface area contributed by atoms with Crippen LogP contribution in [0.25, 0.3) is 0 Å². The fourth-order valence-corrected chi connectivity index (χ4v) is 2.67.